The Morgan fingerprint density at radius 2 is 1.87 bits per heavy atom. The topological polar surface area (TPSA) is 78.3 Å². The number of hydrogen-bond acceptors (Lipinski definition) is 6. The highest BCUT2D eigenvalue weighted by atomic mass is 32.1. The molecule has 7 nitrogen and oxygen atoms in total. The number of rotatable bonds is 6. The van der Waals surface area contributed by atoms with Crippen molar-refractivity contribution in [3.05, 3.63) is 71.4 Å². The molecular formula is C22H20N4O3S. The molecule has 2 heterocycles. The molecule has 2 aromatic heterocycles. The summed E-state index contributed by atoms with van der Waals surface area (Å²) in [6, 6.07) is 15.0. The van der Waals surface area contributed by atoms with Gasteiger partial charge >= 0.3 is 0 Å². The minimum absolute atomic E-state index is 0.302. The SMILES string of the molecule is COc1ccc(-n2ccc(C(=O)Nc3nc(-c4cc(C)ccc4OC)cs3)n2)cc1. The number of hydrogen-bond donors (Lipinski definition) is 1. The summed E-state index contributed by atoms with van der Waals surface area (Å²) in [5.41, 5.74) is 3.87. The van der Waals surface area contributed by atoms with Crippen molar-refractivity contribution in [2.45, 2.75) is 6.92 Å². The van der Waals surface area contributed by atoms with Crippen molar-refractivity contribution in [3.63, 3.8) is 0 Å². The number of nitrogens with one attached hydrogen (secondary N) is 1. The lowest BCUT2D eigenvalue weighted by molar-refractivity contribution is 0.102. The van der Waals surface area contributed by atoms with E-state index >= 15 is 0 Å². The van der Waals surface area contributed by atoms with Crippen molar-refractivity contribution in [1.82, 2.24) is 14.8 Å². The average molecular weight is 420 g/mol. The second-order valence-corrected chi connectivity index (χ2v) is 7.40. The fourth-order valence-electron chi connectivity index (χ4n) is 2.96. The zero-order valence-corrected chi connectivity index (χ0v) is 17.6. The van der Waals surface area contributed by atoms with Crippen molar-refractivity contribution in [3.8, 4) is 28.4 Å². The fourth-order valence-corrected chi connectivity index (χ4v) is 3.67. The van der Waals surface area contributed by atoms with Crippen molar-refractivity contribution < 1.29 is 14.3 Å². The Labute approximate surface area is 177 Å². The van der Waals surface area contributed by atoms with Crippen LogP contribution in [0.25, 0.3) is 16.9 Å². The van der Waals surface area contributed by atoms with Crippen LogP contribution in [-0.4, -0.2) is 34.9 Å². The number of nitrogens with zero attached hydrogens (tertiary/aromatic N) is 3. The molecule has 152 valence electrons. The molecule has 0 unspecified atom stereocenters. The number of aromatic nitrogens is 3. The van der Waals surface area contributed by atoms with E-state index < -0.39 is 0 Å². The summed E-state index contributed by atoms with van der Waals surface area (Å²) in [5, 5.41) is 9.56. The molecule has 0 aliphatic rings. The number of carbonyl (C=O) groups is 1. The number of methoxy groups -OCH3 is 2. The predicted octanol–water partition coefficient (Wildman–Crippen LogP) is 4.57. The first-order valence-electron chi connectivity index (χ1n) is 9.19. The number of aryl methyl sites for hydroxylation is 1. The van der Waals surface area contributed by atoms with E-state index in [1.165, 1.54) is 11.3 Å². The van der Waals surface area contributed by atoms with E-state index in [-0.39, 0.29) is 5.91 Å². The molecular weight excluding hydrogens is 400 g/mol. The summed E-state index contributed by atoms with van der Waals surface area (Å²) in [6.07, 6.45) is 1.74. The smallest absolute Gasteiger partial charge is 0.277 e. The molecule has 0 saturated heterocycles. The molecule has 0 aliphatic carbocycles. The summed E-state index contributed by atoms with van der Waals surface area (Å²) < 4.78 is 12.2. The van der Waals surface area contributed by atoms with E-state index in [0.29, 0.717) is 10.8 Å². The lowest BCUT2D eigenvalue weighted by atomic mass is 10.1. The van der Waals surface area contributed by atoms with Gasteiger partial charge in [-0.2, -0.15) is 5.10 Å². The van der Waals surface area contributed by atoms with E-state index in [2.05, 4.69) is 15.4 Å². The Kier molecular flexibility index (Phi) is 5.49. The van der Waals surface area contributed by atoms with Crippen LogP contribution in [0, 0.1) is 6.92 Å². The van der Waals surface area contributed by atoms with Gasteiger partial charge in [0.05, 0.1) is 25.6 Å². The Balaban J connectivity index is 1.50. The minimum atomic E-state index is -0.320. The summed E-state index contributed by atoms with van der Waals surface area (Å²) in [7, 11) is 3.24. The third kappa shape index (κ3) is 4.04. The number of anilines is 1. The van der Waals surface area contributed by atoms with Gasteiger partial charge in [-0.3, -0.25) is 10.1 Å². The van der Waals surface area contributed by atoms with Gasteiger partial charge in [0.15, 0.2) is 10.8 Å². The van der Waals surface area contributed by atoms with Crippen molar-refractivity contribution in [1.29, 1.82) is 0 Å². The normalized spacial score (nSPS) is 10.6. The van der Waals surface area contributed by atoms with Gasteiger partial charge in [-0.25, -0.2) is 9.67 Å². The first-order chi connectivity index (χ1) is 14.6. The maximum absolute atomic E-state index is 12.6. The predicted molar refractivity (Wildman–Crippen MR) is 117 cm³/mol. The molecule has 0 atom stereocenters. The third-order valence-electron chi connectivity index (χ3n) is 4.51. The lowest BCUT2D eigenvalue weighted by Crippen LogP contribution is -2.13. The van der Waals surface area contributed by atoms with E-state index in [4.69, 9.17) is 9.47 Å². The molecule has 4 rings (SSSR count). The Hall–Kier alpha value is -3.65. The van der Waals surface area contributed by atoms with Gasteiger partial charge in [0.1, 0.15) is 11.5 Å². The van der Waals surface area contributed by atoms with Crippen molar-refractivity contribution in [2.24, 2.45) is 0 Å². The molecule has 1 amide bonds. The number of ether oxygens (including phenoxy) is 2. The zero-order chi connectivity index (χ0) is 21.1. The summed E-state index contributed by atoms with van der Waals surface area (Å²) in [4.78, 5) is 17.2. The summed E-state index contributed by atoms with van der Waals surface area (Å²) in [6.45, 7) is 2.01. The molecule has 8 heteroatoms. The molecule has 4 aromatic rings. The first-order valence-corrected chi connectivity index (χ1v) is 10.1. The molecule has 2 aromatic carbocycles. The minimum Gasteiger partial charge on any atom is -0.497 e. The lowest BCUT2D eigenvalue weighted by Gasteiger charge is -2.07. The highest BCUT2D eigenvalue weighted by molar-refractivity contribution is 7.14. The molecule has 1 N–H and O–H groups in total. The van der Waals surface area contributed by atoms with Crippen molar-refractivity contribution >= 4 is 22.4 Å². The second-order valence-electron chi connectivity index (χ2n) is 6.54. The van der Waals surface area contributed by atoms with Crippen LogP contribution in [0.4, 0.5) is 5.13 Å². The van der Waals surface area contributed by atoms with Gasteiger partial charge in [-0.05, 0) is 49.4 Å². The Morgan fingerprint density at radius 1 is 1.07 bits per heavy atom. The third-order valence-corrected chi connectivity index (χ3v) is 5.27. The molecule has 0 radical (unpaired) electrons. The highest BCUT2D eigenvalue weighted by Crippen LogP contribution is 2.33. The van der Waals surface area contributed by atoms with Gasteiger partial charge in [0, 0.05) is 17.1 Å². The van der Waals surface area contributed by atoms with Crippen LogP contribution < -0.4 is 14.8 Å². The quantitative estimate of drug-likeness (QED) is 0.494. The second kappa shape index (κ2) is 8.38. The van der Waals surface area contributed by atoms with Gasteiger partial charge in [-0.15, -0.1) is 11.3 Å². The fraction of sp³-hybridized carbons (Fsp3) is 0.136. The Morgan fingerprint density at radius 3 is 2.60 bits per heavy atom. The molecule has 0 saturated carbocycles. The van der Waals surface area contributed by atoms with Gasteiger partial charge in [-0.1, -0.05) is 11.6 Å². The Bertz CT molecular complexity index is 1180. The monoisotopic (exact) mass is 420 g/mol. The summed E-state index contributed by atoms with van der Waals surface area (Å²) in [5.74, 6) is 1.18. The first kappa shape index (κ1) is 19.7. The van der Waals surface area contributed by atoms with Gasteiger partial charge in [0.2, 0.25) is 0 Å². The molecule has 30 heavy (non-hydrogen) atoms. The van der Waals surface area contributed by atoms with E-state index in [1.54, 1.807) is 31.2 Å². The maximum Gasteiger partial charge on any atom is 0.277 e. The van der Waals surface area contributed by atoms with E-state index in [9.17, 15) is 4.79 Å². The largest absolute Gasteiger partial charge is 0.497 e. The van der Waals surface area contributed by atoms with Gasteiger partial charge in [0.25, 0.3) is 5.91 Å². The highest BCUT2D eigenvalue weighted by Gasteiger charge is 2.15. The zero-order valence-electron chi connectivity index (χ0n) is 16.7. The van der Waals surface area contributed by atoms with Crippen molar-refractivity contribution in [2.75, 3.05) is 19.5 Å². The number of thiazole rings is 1. The van der Waals surface area contributed by atoms with Crippen LogP contribution in [0.2, 0.25) is 0 Å². The van der Waals surface area contributed by atoms with Crippen LogP contribution in [-0.2, 0) is 0 Å². The maximum atomic E-state index is 12.6. The summed E-state index contributed by atoms with van der Waals surface area (Å²) >= 11 is 1.35. The molecule has 0 spiro atoms. The standard InChI is InChI=1S/C22H20N4O3S/c1-14-4-9-20(29-3)17(12-14)19-13-30-22(23-19)24-21(27)18-10-11-26(25-18)15-5-7-16(28-2)8-6-15/h4-13H,1-3H3,(H,23,24,27). The van der Waals surface area contributed by atoms with Crippen LogP contribution >= 0.6 is 11.3 Å². The van der Waals surface area contributed by atoms with Gasteiger partial charge < -0.3 is 9.47 Å². The molecule has 0 fully saturated rings. The van der Waals surface area contributed by atoms with E-state index in [0.717, 1.165) is 34.0 Å². The molecule has 0 aliphatic heterocycles. The number of benzene rings is 2. The average Bonchev–Trinajstić information content (AvgIpc) is 3.44. The van der Waals surface area contributed by atoms with Crippen LogP contribution in [0.1, 0.15) is 16.1 Å². The molecule has 0 bridgehead atoms. The van der Waals surface area contributed by atoms with Crippen LogP contribution in [0.5, 0.6) is 11.5 Å². The van der Waals surface area contributed by atoms with E-state index in [1.807, 2.05) is 54.8 Å². The number of amides is 1. The number of carbonyl (C=O) groups excluding carboxylic acids is 1. The van der Waals surface area contributed by atoms with Crippen LogP contribution in [0.3, 0.4) is 0 Å². The van der Waals surface area contributed by atoms with Crippen LogP contribution in [0.15, 0.2) is 60.1 Å².